The average Bonchev–Trinajstić information content (AvgIpc) is 2.21. The fourth-order valence-electron chi connectivity index (χ4n) is 2.40. The van der Waals surface area contributed by atoms with Crippen LogP contribution in [0.25, 0.3) is 0 Å². The quantitative estimate of drug-likeness (QED) is 0.705. The Bertz CT molecular complexity index is 195. The zero-order chi connectivity index (χ0) is 11.1. The predicted molar refractivity (Wildman–Crippen MR) is 59.3 cm³/mol. The summed E-state index contributed by atoms with van der Waals surface area (Å²) < 4.78 is 0. The first-order valence-corrected chi connectivity index (χ1v) is 5.87. The molecule has 0 aromatic rings. The van der Waals surface area contributed by atoms with Gasteiger partial charge in [0.1, 0.15) is 0 Å². The average molecular weight is 214 g/mol. The van der Waals surface area contributed by atoms with Crippen LogP contribution in [0.4, 0.5) is 4.79 Å². The molecule has 2 amide bonds. The van der Waals surface area contributed by atoms with Gasteiger partial charge in [-0.05, 0) is 25.2 Å². The van der Waals surface area contributed by atoms with Crippen LogP contribution in [-0.2, 0) is 4.84 Å². The molecule has 1 aliphatic carbocycles. The van der Waals surface area contributed by atoms with Crippen LogP contribution in [0.3, 0.4) is 0 Å². The van der Waals surface area contributed by atoms with Crippen LogP contribution in [0, 0.1) is 5.92 Å². The molecule has 0 aromatic heterocycles. The largest absolute Gasteiger partial charge is 0.338 e. The number of amides is 2. The molecule has 0 bridgehead atoms. The summed E-state index contributed by atoms with van der Waals surface area (Å²) in [6.07, 6.45) is 7.26. The third kappa shape index (κ3) is 4.08. The van der Waals surface area contributed by atoms with E-state index in [1.807, 2.05) is 0 Å². The summed E-state index contributed by atoms with van der Waals surface area (Å²) in [5.41, 5.74) is 2.31. The Kier molecular flexibility index (Phi) is 5.47. The summed E-state index contributed by atoms with van der Waals surface area (Å²) in [6, 6.07) is 0.111. The van der Waals surface area contributed by atoms with Gasteiger partial charge in [-0.25, -0.2) is 10.3 Å². The van der Waals surface area contributed by atoms with Crippen molar-refractivity contribution in [2.24, 2.45) is 5.92 Å². The van der Waals surface area contributed by atoms with E-state index in [1.54, 1.807) is 0 Å². The first-order valence-electron chi connectivity index (χ1n) is 5.87. The number of urea groups is 1. The number of hydroxylamine groups is 1. The van der Waals surface area contributed by atoms with E-state index >= 15 is 0 Å². The van der Waals surface area contributed by atoms with E-state index < -0.39 is 0 Å². The number of carbonyl (C=O) groups is 1. The Morgan fingerprint density at radius 1 is 1.40 bits per heavy atom. The molecular weight excluding hydrogens is 192 g/mol. The Balaban J connectivity index is 2.38. The fourth-order valence-corrected chi connectivity index (χ4v) is 2.40. The smallest absolute Gasteiger partial charge is 0.333 e. The lowest BCUT2D eigenvalue weighted by Gasteiger charge is -2.31. The molecule has 2 N–H and O–H groups in total. The minimum absolute atomic E-state index is 0.217. The van der Waals surface area contributed by atoms with Crippen LogP contribution in [0.15, 0.2) is 0 Å². The highest BCUT2D eigenvalue weighted by Crippen LogP contribution is 2.27. The third-order valence-corrected chi connectivity index (χ3v) is 3.08. The van der Waals surface area contributed by atoms with Crippen LogP contribution in [0.1, 0.15) is 45.4 Å². The molecule has 1 rings (SSSR count). The first kappa shape index (κ1) is 12.3. The van der Waals surface area contributed by atoms with Crippen molar-refractivity contribution in [3.63, 3.8) is 0 Å². The van der Waals surface area contributed by atoms with Crippen molar-refractivity contribution in [2.75, 3.05) is 7.11 Å². The Hall–Kier alpha value is -0.770. The minimum Gasteiger partial charge on any atom is -0.333 e. The second kappa shape index (κ2) is 6.67. The van der Waals surface area contributed by atoms with Gasteiger partial charge in [0, 0.05) is 6.04 Å². The number of rotatable bonds is 4. The predicted octanol–water partition coefficient (Wildman–Crippen LogP) is 2.21. The summed E-state index contributed by atoms with van der Waals surface area (Å²) in [7, 11) is 1.45. The van der Waals surface area contributed by atoms with Crippen molar-refractivity contribution < 1.29 is 9.63 Å². The van der Waals surface area contributed by atoms with Crippen LogP contribution in [-0.4, -0.2) is 19.2 Å². The summed E-state index contributed by atoms with van der Waals surface area (Å²) in [5.74, 6) is 0.645. The fraction of sp³-hybridized carbons (Fsp3) is 0.909. The van der Waals surface area contributed by atoms with Gasteiger partial charge in [-0.3, -0.25) is 4.84 Å². The molecule has 1 aliphatic rings. The van der Waals surface area contributed by atoms with Crippen LogP contribution in [0.5, 0.6) is 0 Å². The van der Waals surface area contributed by atoms with Gasteiger partial charge >= 0.3 is 6.03 Å². The van der Waals surface area contributed by atoms with Gasteiger partial charge in [-0.2, -0.15) is 0 Å². The second-order valence-electron chi connectivity index (χ2n) is 4.22. The van der Waals surface area contributed by atoms with Crippen molar-refractivity contribution >= 4 is 6.03 Å². The minimum atomic E-state index is -0.217. The van der Waals surface area contributed by atoms with Gasteiger partial charge in [0.15, 0.2) is 0 Å². The van der Waals surface area contributed by atoms with Gasteiger partial charge in [0.05, 0.1) is 7.11 Å². The van der Waals surface area contributed by atoms with Gasteiger partial charge < -0.3 is 5.32 Å². The number of nitrogens with one attached hydrogen (secondary N) is 2. The number of carbonyl (C=O) groups excluding carboxylic acids is 1. The highest BCUT2D eigenvalue weighted by atomic mass is 16.6. The molecule has 0 aliphatic heterocycles. The molecule has 0 aromatic carbocycles. The Morgan fingerprint density at radius 2 is 2.13 bits per heavy atom. The maximum Gasteiger partial charge on any atom is 0.338 e. The molecule has 15 heavy (non-hydrogen) atoms. The maximum atomic E-state index is 11.3. The topological polar surface area (TPSA) is 50.4 Å². The lowest BCUT2D eigenvalue weighted by Crippen LogP contribution is -2.46. The van der Waals surface area contributed by atoms with Crippen LogP contribution >= 0.6 is 0 Å². The van der Waals surface area contributed by atoms with Crippen LogP contribution in [0.2, 0.25) is 0 Å². The molecule has 1 fully saturated rings. The van der Waals surface area contributed by atoms with E-state index in [4.69, 9.17) is 0 Å². The van der Waals surface area contributed by atoms with E-state index in [9.17, 15) is 4.79 Å². The molecule has 88 valence electrons. The van der Waals surface area contributed by atoms with E-state index in [2.05, 4.69) is 22.6 Å². The van der Waals surface area contributed by atoms with Crippen molar-refractivity contribution in [1.29, 1.82) is 0 Å². The lowest BCUT2D eigenvalue weighted by molar-refractivity contribution is 0.102. The summed E-state index contributed by atoms with van der Waals surface area (Å²) in [6.45, 7) is 2.20. The van der Waals surface area contributed by atoms with Gasteiger partial charge in [0.25, 0.3) is 0 Å². The summed E-state index contributed by atoms with van der Waals surface area (Å²) in [5, 5.41) is 2.98. The summed E-state index contributed by atoms with van der Waals surface area (Å²) >= 11 is 0. The van der Waals surface area contributed by atoms with Gasteiger partial charge in [-0.1, -0.05) is 26.2 Å². The van der Waals surface area contributed by atoms with Crippen molar-refractivity contribution in [3.05, 3.63) is 0 Å². The molecule has 4 heteroatoms. The number of hydrogen-bond donors (Lipinski definition) is 2. The highest BCUT2D eigenvalue weighted by Gasteiger charge is 2.25. The molecule has 2 atom stereocenters. The first-order chi connectivity index (χ1) is 7.27. The standard InChI is InChI=1S/C11H22N2O2/c1-3-6-9-7-4-5-8-10(9)12-11(14)13-15-2/h9-10H,3-8H2,1-2H3,(H2,12,13,14)/t9-,10+/m0/s1. The Labute approximate surface area is 91.7 Å². The molecule has 0 saturated heterocycles. The van der Waals surface area contributed by atoms with Gasteiger partial charge in [-0.15, -0.1) is 0 Å². The molecule has 0 heterocycles. The molecular formula is C11H22N2O2. The van der Waals surface area contributed by atoms with Crippen molar-refractivity contribution in [2.45, 2.75) is 51.5 Å². The monoisotopic (exact) mass is 214 g/mol. The molecule has 0 spiro atoms. The SMILES string of the molecule is CCC[C@H]1CCCC[C@H]1NC(=O)NOC. The highest BCUT2D eigenvalue weighted by molar-refractivity contribution is 5.73. The van der Waals surface area contributed by atoms with Crippen molar-refractivity contribution in [1.82, 2.24) is 10.8 Å². The molecule has 4 nitrogen and oxygen atoms in total. The maximum absolute atomic E-state index is 11.3. The van der Waals surface area contributed by atoms with E-state index in [0.717, 1.165) is 6.42 Å². The molecule has 1 saturated carbocycles. The summed E-state index contributed by atoms with van der Waals surface area (Å²) in [4.78, 5) is 15.9. The number of hydrogen-bond acceptors (Lipinski definition) is 2. The molecule has 0 radical (unpaired) electrons. The van der Waals surface area contributed by atoms with Gasteiger partial charge in [0.2, 0.25) is 0 Å². The van der Waals surface area contributed by atoms with E-state index in [1.165, 1.54) is 39.2 Å². The second-order valence-corrected chi connectivity index (χ2v) is 4.22. The van der Waals surface area contributed by atoms with Crippen LogP contribution < -0.4 is 10.8 Å². The third-order valence-electron chi connectivity index (χ3n) is 3.08. The van der Waals surface area contributed by atoms with Crippen molar-refractivity contribution in [3.8, 4) is 0 Å². The van der Waals surface area contributed by atoms with E-state index in [0.29, 0.717) is 12.0 Å². The zero-order valence-electron chi connectivity index (χ0n) is 9.71. The molecule has 0 unspecified atom stereocenters. The normalized spacial score (nSPS) is 26.0. The lowest BCUT2D eigenvalue weighted by atomic mass is 9.82. The van der Waals surface area contributed by atoms with E-state index in [-0.39, 0.29) is 6.03 Å². The zero-order valence-corrected chi connectivity index (χ0v) is 9.71. The Morgan fingerprint density at radius 3 is 2.80 bits per heavy atom.